The van der Waals surface area contributed by atoms with Crippen molar-refractivity contribution in [3.8, 4) is 0 Å². The lowest BCUT2D eigenvalue weighted by atomic mass is 10.4. The molecule has 62 valence electrons. The Hall–Kier alpha value is 0.140. The topological polar surface area (TPSA) is 29.5 Å². The van der Waals surface area contributed by atoms with Crippen LogP contribution in [0, 0.1) is 0 Å². The van der Waals surface area contributed by atoms with Gasteiger partial charge in [0.25, 0.3) is 0 Å². The highest BCUT2D eigenvalue weighted by atomic mass is 35.5. The molecule has 2 nitrogen and oxygen atoms in total. The van der Waals surface area contributed by atoms with Crippen LogP contribution in [0.4, 0.5) is 4.39 Å². The Bertz CT molecular complexity index is 72.8. The third kappa shape index (κ3) is 6.26. The minimum absolute atomic E-state index is 0.0439. The van der Waals surface area contributed by atoms with E-state index < -0.39 is 6.36 Å². The number of rotatable bonds is 6. The van der Waals surface area contributed by atoms with Crippen molar-refractivity contribution in [1.29, 1.82) is 0 Å². The first-order chi connectivity index (χ1) is 4.81. The summed E-state index contributed by atoms with van der Waals surface area (Å²) in [6, 6.07) is 0. The van der Waals surface area contributed by atoms with E-state index in [9.17, 15) is 4.39 Å². The van der Waals surface area contributed by atoms with E-state index in [-0.39, 0.29) is 13.0 Å². The minimum Gasteiger partial charge on any atom is -0.396 e. The van der Waals surface area contributed by atoms with Crippen LogP contribution in [0.3, 0.4) is 0 Å². The van der Waals surface area contributed by atoms with Crippen molar-refractivity contribution >= 4 is 11.6 Å². The summed E-state index contributed by atoms with van der Waals surface area (Å²) >= 11 is 5.31. The van der Waals surface area contributed by atoms with Gasteiger partial charge in [-0.15, -0.1) is 11.6 Å². The summed E-state index contributed by atoms with van der Waals surface area (Å²) in [6.07, 6.45) is -0.649. The maximum atomic E-state index is 12.3. The molecule has 0 aromatic heterocycles. The zero-order valence-corrected chi connectivity index (χ0v) is 6.48. The molecule has 1 atom stereocenters. The van der Waals surface area contributed by atoms with Crippen LogP contribution in [0.1, 0.15) is 12.8 Å². The maximum absolute atomic E-state index is 12.3. The van der Waals surface area contributed by atoms with Crippen LogP contribution >= 0.6 is 11.6 Å². The van der Waals surface area contributed by atoms with Gasteiger partial charge < -0.3 is 9.84 Å². The molecule has 0 aromatic carbocycles. The van der Waals surface area contributed by atoms with Crippen molar-refractivity contribution in [2.45, 2.75) is 19.2 Å². The van der Waals surface area contributed by atoms with Gasteiger partial charge in [0.15, 0.2) is 0 Å². The van der Waals surface area contributed by atoms with Crippen molar-refractivity contribution < 1.29 is 14.2 Å². The molecule has 0 heterocycles. The SMILES string of the molecule is OCCC(F)OCCCCl. The molecule has 0 radical (unpaired) electrons. The van der Waals surface area contributed by atoms with Gasteiger partial charge in [-0.3, -0.25) is 0 Å². The molecule has 0 rings (SSSR count). The number of hydrogen-bond acceptors (Lipinski definition) is 2. The van der Waals surface area contributed by atoms with Crippen molar-refractivity contribution in [3.05, 3.63) is 0 Å². The molecule has 0 saturated heterocycles. The summed E-state index contributed by atoms with van der Waals surface area (Å²) in [6.45, 7) is 0.146. The lowest BCUT2D eigenvalue weighted by molar-refractivity contribution is -0.0504. The molecule has 0 aliphatic heterocycles. The van der Waals surface area contributed by atoms with Crippen molar-refractivity contribution in [1.82, 2.24) is 0 Å². The second kappa shape index (κ2) is 7.25. The second-order valence-electron chi connectivity index (χ2n) is 1.84. The van der Waals surface area contributed by atoms with E-state index in [2.05, 4.69) is 4.74 Å². The van der Waals surface area contributed by atoms with Crippen LogP contribution in [0.15, 0.2) is 0 Å². The molecular formula is C6H12ClFO2. The van der Waals surface area contributed by atoms with E-state index in [1.54, 1.807) is 0 Å². The van der Waals surface area contributed by atoms with Crippen molar-refractivity contribution in [3.63, 3.8) is 0 Å². The zero-order valence-electron chi connectivity index (χ0n) is 5.72. The first-order valence-electron chi connectivity index (χ1n) is 3.23. The smallest absolute Gasteiger partial charge is 0.200 e. The van der Waals surface area contributed by atoms with Gasteiger partial charge in [-0.2, -0.15) is 0 Å². The third-order valence-corrected chi connectivity index (χ3v) is 1.20. The van der Waals surface area contributed by atoms with Crippen molar-refractivity contribution in [2.24, 2.45) is 0 Å². The number of ether oxygens (including phenoxy) is 1. The predicted molar refractivity (Wildman–Crippen MR) is 37.9 cm³/mol. The van der Waals surface area contributed by atoms with Gasteiger partial charge in [0.05, 0.1) is 6.61 Å². The van der Waals surface area contributed by atoms with Gasteiger partial charge in [-0.1, -0.05) is 0 Å². The molecule has 10 heavy (non-hydrogen) atoms. The number of aliphatic hydroxyl groups excluding tert-OH is 1. The van der Waals surface area contributed by atoms with Crippen LogP contribution in [-0.2, 0) is 4.74 Å². The lowest BCUT2D eigenvalue weighted by Crippen LogP contribution is -2.09. The largest absolute Gasteiger partial charge is 0.396 e. The highest BCUT2D eigenvalue weighted by Crippen LogP contribution is 1.99. The van der Waals surface area contributed by atoms with E-state index in [1.807, 2.05) is 0 Å². The summed E-state index contributed by atoms with van der Waals surface area (Å²) in [5.74, 6) is 0.478. The van der Waals surface area contributed by atoms with E-state index in [1.165, 1.54) is 0 Å². The number of aliphatic hydroxyl groups is 1. The Morgan fingerprint density at radius 3 is 2.80 bits per heavy atom. The summed E-state index contributed by atoms with van der Waals surface area (Å²) < 4.78 is 16.9. The summed E-state index contributed by atoms with van der Waals surface area (Å²) in [5, 5.41) is 8.25. The Labute approximate surface area is 64.9 Å². The van der Waals surface area contributed by atoms with Gasteiger partial charge >= 0.3 is 0 Å². The van der Waals surface area contributed by atoms with E-state index in [0.717, 1.165) is 0 Å². The second-order valence-corrected chi connectivity index (χ2v) is 2.21. The van der Waals surface area contributed by atoms with Gasteiger partial charge in [-0.25, -0.2) is 4.39 Å². The van der Waals surface area contributed by atoms with Gasteiger partial charge in [-0.05, 0) is 6.42 Å². The van der Waals surface area contributed by atoms with Crippen LogP contribution in [0.2, 0.25) is 0 Å². The van der Waals surface area contributed by atoms with E-state index >= 15 is 0 Å². The van der Waals surface area contributed by atoms with Crippen molar-refractivity contribution in [2.75, 3.05) is 19.1 Å². The molecule has 0 bridgehead atoms. The molecule has 0 amide bonds. The molecule has 0 saturated carbocycles. The van der Waals surface area contributed by atoms with Crippen LogP contribution in [0.5, 0.6) is 0 Å². The molecule has 0 aliphatic carbocycles. The first kappa shape index (κ1) is 10.1. The molecule has 0 aromatic rings. The summed E-state index contributed by atoms with van der Waals surface area (Å²) in [7, 11) is 0. The Morgan fingerprint density at radius 1 is 1.60 bits per heavy atom. The highest BCUT2D eigenvalue weighted by molar-refractivity contribution is 6.17. The Balaban J connectivity index is 2.97. The molecule has 0 spiro atoms. The minimum atomic E-state index is -1.34. The monoisotopic (exact) mass is 170 g/mol. The molecular weight excluding hydrogens is 159 g/mol. The lowest BCUT2D eigenvalue weighted by Gasteiger charge is -2.06. The van der Waals surface area contributed by atoms with E-state index in [0.29, 0.717) is 18.9 Å². The number of halogens is 2. The fourth-order valence-electron chi connectivity index (χ4n) is 0.451. The quantitative estimate of drug-likeness (QED) is 0.481. The van der Waals surface area contributed by atoms with Crippen LogP contribution in [0.25, 0.3) is 0 Å². The normalized spacial score (nSPS) is 13.5. The average Bonchev–Trinajstić information content (AvgIpc) is 1.89. The van der Waals surface area contributed by atoms with Crippen LogP contribution < -0.4 is 0 Å². The third-order valence-electron chi connectivity index (χ3n) is 0.933. The summed E-state index contributed by atoms with van der Waals surface area (Å²) in [4.78, 5) is 0. The zero-order chi connectivity index (χ0) is 7.82. The summed E-state index contributed by atoms with van der Waals surface area (Å²) in [5.41, 5.74) is 0. The maximum Gasteiger partial charge on any atom is 0.200 e. The number of alkyl halides is 2. The fourth-order valence-corrected chi connectivity index (χ4v) is 0.560. The predicted octanol–water partition coefficient (Wildman–Crippen LogP) is 1.31. The van der Waals surface area contributed by atoms with Gasteiger partial charge in [0, 0.05) is 18.9 Å². The Morgan fingerprint density at radius 2 is 2.30 bits per heavy atom. The molecule has 1 unspecified atom stereocenters. The van der Waals surface area contributed by atoms with Crippen LogP contribution in [-0.4, -0.2) is 30.6 Å². The molecule has 4 heteroatoms. The standard InChI is InChI=1S/C6H12ClFO2/c7-3-1-5-10-6(8)2-4-9/h6,9H,1-5H2. The molecule has 0 fully saturated rings. The fraction of sp³-hybridized carbons (Fsp3) is 1.00. The highest BCUT2D eigenvalue weighted by Gasteiger charge is 2.03. The van der Waals surface area contributed by atoms with Gasteiger partial charge in [0.1, 0.15) is 0 Å². The number of hydrogen-bond donors (Lipinski definition) is 1. The molecule has 0 aliphatic rings. The first-order valence-corrected chi connectivity index (χ1v) is 3.77. The Kier molecular flexibility index (Phi) is 7.35. The van der Waals surface area contributed by atoms with E-state index in [4.69, 9.17) is 16.7 Å². The van der Waals surface area contributed by atoms with Gasteiger partial charge in [0.2, 0.25) is 6.36 Å². The average molecular weight is 171 g/mol. The molecule has 1 N–H and O–H groups in total.